The van der Waals surface area contributed by atoms with Crippen LogP contribution in [0.1, 0.15) is 109 Å². The van der Waals surface area contributed by atoms with Crippen LogP contribution in [-0.2, 0) is 0 Å². The van der Waals surface area contributed by atoms with E-state index in [0.29, 0.717) is 30.6 Å². The molecule has 1 nitrogen and oxygen atoms in total. The van der Waals surface area contributed by atoms with Crippen molar-refractivity contribution in [3.63, 3.8) is 0 Å². The van der Waals surface area contributed by atoms with E-state index in [4.69, 9.17) is 5.73 Å². The molecule has 0 saturated heterocycles. The summed E-state index contributed by atoms with van der Waals surface area (Å²) >= 11 is 0. The first-order chi connectivity index (χ1) is 19.2. The fourth-order valence-electron chi connectivity index (χ4n) is 7.44. The molecule has 1 aromatic rings. The number of benzene rings is 1. The second-order valence-electron chi connectivity index (χ2n) is 12.3. The van der Waals surface area contributed by atoms with Crippen LogP contribution >= 0.6 is 0 Å². The van der Waals surface area contributed by atoms with Crippen LogP contribution < -0.4 is 5.73 Å². The number of allylic oxidation sites excluding steroid dienone is 9. The van der Waals surface area contributed by atoms with E-state index in [1.165, 1.54) is 33.4 Å². The smallest absolute Gasteiger partial charge is 0.248 e. The fraction of sp³-hybridized carbons (Fsp3) is 0.514. The second kappa shape index (κ2) is 13.3. The molecule has 0 amide bonds. The average molecular weight is 546 g/mol. The Labute approximate surface area is 241 Å². The molecule has 3 heteroatoms. The zero-order chi connectivity index (χ0) is 28.9. The topological polar surface area (TPSA) is 26.0 Å². The first-order valence-corrected chi connectivity index (χ1v) is 15.5. The Morgan fingerprint density at radius 3 is 2.33 bits per heavy atom. The van der Waals surface area contributed by atoms with Gasteiger partial charge in [0.1, 0.15) is 0 Å². The minimum absolute atomic E-state index is 0.0575. The molecule has 0 aromatic heterocycles. The SMILES string of the molecule is C=Cc1ccc(C2=CC(CCC3CCC(F)(F)CC3)CC/C(=C/C(=C\N)C3=C(C)C(CC)C(CC)=C3C)C2)cc1. The van der Waals surface area contributed by atoms with Crippen LogP contribution in [0.4, 0.5) is 8.78 Å². The zero-order valence-corrected chi connectivity index (χ0v) is 25.2. The Balaban J connectivity index is 1.59. The van der Waals surface area contributed by atoms with Gasteiger partial charge in [0.05, 0.1) is 0 Å². The van der Waals surface area contributed by atoms with Crippen LogP contribution in [0, 0.1) is 17.8 Å². The van der Waals surface area contributed by atoms with E-state index in [1.54, 1.807) is 5.57 Å². The van der Waals surface area contributed by atoms with Crippen molar-refractivity contribution in [3.05, 3.63) is 93.8 Å². The van der Waals surface area contributed by atoms with Crippen molar-refractivity contribution >= 4 is 11.6 Å². The van der Waals surface area contributed by atoms with Crippen molar-refractivity contribution in [2.24, 2.45) is 23.5 Å². The summed E-state index contributed by atoms with van der Waals surface area (Å²) in [6.45, 7) is 13.0. The van der Waals surface area contributed by atoms with Crippen molar-refractivity contribution in [2.75, 3.05) is 0 Å². The van der Waals surface area contributed by atoms with Gasteiger partial charge in [-0.2, -0.15) is 0 Å². The number of rotatable bonds is 9. The lowest BCUT2D eigenvalue weighted by Gasteiger charge is -2.29. The quantitative estimate of drug-likeness (QED) is 0.328. The Hall–Kier alpha value is -2.68. The molecule has 1 aromatic carbocycles. The van der Waals surface area contributed by atoms with Gasteiger partial charge in [-0.15, -0.1) is 0 Å². The number of nitrogens with two attached hydrogens (primary N) is 1. The maximum Gasteiger partial charge on any atom is 0.248 e. The lowest BCUT2D eigenvalue weighted by Crippen LogP contribution is -2.24. The highest BCUT2D eigenvalue weighted by molar-refractivity contribution is 5.70. The molecule has 2 atom stereocenters. The molecule has 216 valence electrons. The minimum atomic E-state index is -2.45. The molecular weight excluding hydrogens is 496 g/mol. The first kappa shape index (κ1) is 30.3. The Bertz CT molecular complexity index is 1210. The molecule has 3 aliphatic carbocycles. The van der Waals surface area contributed by atoms with E-state index in [1.807, 2.05) is 12.3 Å². The molecule has 0 aliphatic heterocycles. The monoisotopic (exact) mass is 545 g/mol. The van der Waals surface area contributed by atoms with Crippen molar-refractivity contribution in [1.82, 2.24) is 0 Å². The molecule has 40 heavy (non-hydrogen) atoms. The molecule has 0 heterocycles. The highest BCUT2D eigenvalue weighted by Gasteiger charge is 2.35. The summed E-state index contributed by atoms with van der Waals surface area (Å²) in [4.78, 5) is 0. The van der Waals surface area contributed by atoms with Gasteiger partial charge in [0.25, 0.3) is 0 Å². The first-order valence-electron chi connectivity index (χ1n) is 15.5. The Kier molecular flexibility index (Phi) is 10.1. The van der Waals surface area contributed by atoms with Crippen molar-refractivity contribution in [3.8, 4) is 0 Å². The number of halogens is 2. The van der Waals surface area contributed by atoms with Crippen molar-refractivity contribution in [2.45, 2.75) is 104 Å². The van der Waals surface area contributed by atoms with E-state index >= 15 is 0 Å². The number of hydrogen-bond acceptors (Lipinski definition) is 1. The van der Waals surface area contributed by atoms with E-state index in [-0.39, 0.29) is 12.8 Å². The summed E-state index contributed by atoms with van der Waals surface area (Å²) in [5.74, 6) is -1.05. The van der Waals surface area contributed by atoms with E-state index in [2.05, 4.69) is 70.7 Å². The molecule has 2 N–H and O–H groups in total. The van der Waals surface area contributed by atoms with Gasteiger partial charge in [0, 0.05) is 25.0 Å². The van der Waals surface area contributed by atoms with Crippen LogP contribution in [0.25, 0.3) is 11.6 Å². The molecule has 0 radical (unpaired) electrons. The average Bonchev–Trinajstić information content (AvgIpc) is 3.07. The highest BCUT2D eigenvalue weighted by Crippen LogP contribution is 2.45. The second-order valence-corrected chi connectivity index (χ2v) is 12.3. The molecule has 1 fully saturated rings. The third-order valence-electron chi connectivity index (χ3n) is 9.80. The van der Waals surface area contributed by atoms with Gasteiger partial charge >= 0.3 is 0 Å². The lowest BCUT2D eigenvalue weighted by atomic mass is 9.81. The van der Waals surface area contributed by atoms with Gasteiger partial charge in [-0.25, -0.2) is 8.78 Å². The van der Waals surface area contributed by atoms with Crippen LogP contribution in [0.15, 0.2) is 82.6 Å². The fourth-order valence-corrected chi connectivity index (χ4v) is 7.44. The maximum atomic E-state index is 13.7. The van der Waals surface area contributed by atoms with Crippen LogP contribution in [0.2, 0.25) is 0 Å². The minimum Gasteiger partial charge on any atom is -0.404 e. The largest absolute Gasteiger partial charge is 0.404 e. The molecule has 0 bridgehead atoms. The van der Waals surface area contributed by atoms with Gasteiger partial charge < -0.3 is 5.73 Å². The van der Waals surface area contributed by atoms with E-state index < -0.39 is 5.92 Å². The molecule has 3 aliphatic rings. The summed E-state index contributed by atoms with van der Waals surface area (Å²) in [5.41, 5.74) is 18.4. The third kappa shape index (κ3) is 6.96. The lowest BCUT2D eigenvalue weighted by molar-refractivity contribution is -0.0468. The van der Waals surface area contributed by atoms with Crippen molar-refractivity contribution < 1.29 is 8.78 Å². The predicted molar refractivity (Wildman–Crippen MR) is 168 cm³/mol. The third-order valence-corrected chi connectivity index (χ3v) is 9.80. The summed E-state index contributed by atoms with van der Waals surface area (Å²) in [6, 6.07) is 8.69. The van der Waals surface area contributed by atoms with E-state index in [9.17, 15) is 8.78 Å². The van der Waals surface area contributed by atoms with Gasteiger partial charge in [0.2, 0.25) is 5.92 Å². The zero-order valence-electron chi connectivity index (χ0n) is 25.2. The molecule has 2 unspecified atom stereocenters. The Morgan fingerprint density at radius 1 is 1.05 bits per heavy atom. The maximum absolute atomic E-state index is 13.7. The number of alkyl halides is 2. The summed E-state index contributed by atoms with van der Waals surface area (Å²) in [5, 5.41) is 0. The summed E-state index contributed by atoms with van der Waals surface area (Å²) < 4.78 is 27.4. The van der Waals surface area contributed by atoms with Gasteiger partial charge in [-0.1, -0.05) is 79.6 Å². The summed E-state index contributed by atoms with van der Waals surface area (Å²) in [7, 11) is 0. The number of hydrogen-bond donors (Lipinski definition) is 1. The van der Waals surface area contributed by atoms with Crippen LogP contribution in [-0.4, -0.2) is 5.92 Å². The highest BCUT2D eigenvalue weighted by atomic mass is 19.3. The standard InChI is InChI=1S/C37H49F2N/c1-6-27-13-15-31(16-14-27)32-21-29(10-9-28-17-19-37(38,39)20-18-28)11-12-30(22-32)23-33(24-40)36-25(4)34(7-2)35(8-3)26(36)5/h6,13-16,21,23-24,28-29,34H,1,7-12,17-20,22,40H2,2-5H3/b30-23-,33-24+. The van der Waals surface area contributed by atoms with Gasteiger partial charge in [-0.05, 0) is 117 Å². The molecule has 1 saturated carbocycles. The van der Waals surface area contributed by atoms with Gasteiger partial charge in [0.15, 0.2) is 0 Å². The molecule has 0 spiro atoms. The summed E-state index contributed by atoms with van der Waals surface area (Å²) in [6.07, 6.45) is 17.3. The van der Waals surface area contributed by atoms with Crippen LogP contribution in [0.5, 0.6) is 0 Å². The molecular formula is C37H49F2N. The Morgan fingerprint density at radius 2 is 1.75 bits per heavy atom. The van der Waals surface area contributed by atoms with Crippen LogP contribution in [0.3, 0.4) is 0 Å². The predicted octanol–water partition coefficient (Wildman–Crippen LogP) is 11.0. The normalized spacial score (nSPS) is 25.4. The van der Waals surface area contributed by atoms with Gasteiger partial charge in [-0.3, -0.25) is 0 Å². The van der Waals surface area contributed by atoms with E-state index in [0.717, 1.165) is 56.1 Å². The molecule has 4 rings (SSSR count). The van der Waals surface area contributed by atoms with Crippen molar-refractivity contribution in [1.29, 1.82) is 0 Å².